The van der Waals surface area contributed by atoms with Gasteiger partial charge >= 0.3 is 18.6 Å². The Morgan fingerprint density at radius 3 is 2.62 bits per heavy atom. The molecule has 11 nitrogen and oxygen atoms in total. The molecule has 242 valence electrons. The summed E-state index contributed by atoms with van der Waals surface area (Å²) in [6.07, 6.45) is 2.04. The average molecular weight is 669 g/mol. The van der Waals surface area contributed by atoms with Crippen molar-refractivity contribution in [2.75, 3.05) is 4.90 Å². The highest BCUT2D eigenvalue weighted by Gasteiger charge is 2.50. The molecule has 0 radical (unpaired) electrons. The van der Waals surface area contributed by atoms with Crippen molar-refractivity contribution in [3.8, 4) is 16.9 Å². The zero-order chi connectivity index (χ0) is 33.2. The van der Waals surface area contributed by atoms with Crippen LogP contribution in [0.2, 0.25) is 5.02 Å². The number of primary amides is 1. The lowest BCUT2D eigenvalue weighted by atomic mass is 9.93. The fourth-order valence-electron chi connectivity index (χ4n) is 5.75. The van der Waals surface area contributed by atoms with E-state index in [1.807, 2.05) is 0 Å². The van der Waals surface area contributed by atoms with E-state index in [0.717, 1.165) is 23.9 Å². The van der Waals surface area contributed by atoms with Crippen molar-refractivity contribution in [2.45, 2.75) is 51.4 Å². The zero-order valence-electron chi connectivity index (χ0n) is 24.6. The molecule has 1 aromatic carbocycles. The van der Waals surface area contributed by atoms with Gasteiger partial charge in [-0.25, -0.2) is 14.3 Å². The van der Waals surface area contributed by atoms with Crippen molar-refractivity contribution in [1.82, 2.24) is 29.5 Å². The number of alkyl halides is 4. The molecular formula is C31H25ClF4N8O3. The van der Waals surface area contributed by atoms with E-state index in [1.54, 1.807) is 13.0 Å². The van der Waals surface area contributed by atoms with Gasteiger partial charge < -0.3 is 10.5 Å². The standard InChI is InChI=1S/C31H25ClF4N8O3/c1-15(21-8-9-43(41-21)30(33)34)44-28-20(13-39-44)25(26(27(37)45)22(40-28)10-16-2-3-16)17-4-7-23-24(11-17)47-31(35,36)29(46)42(23)14-19-6-5-18(32)12-38-19/h4-9,11-13,15-16,30H,2-3,10,14H2,1H3,(H2,37,45)/t15-/m0/s1. The SMILES string of the molecule is C[C@@H](c1ccn(C(F)F)n1)n1ncc2c(-c3ccc4c(c3)OC(F)(F)C(=O)N4Cc3ccc(Cl)cn3)c(C(N)=O)c(CC3CC3)nc21. The number of benzene rings is 1. The second-order valence-electron chi connectivity index (χ2n) is 11.5. The van der Waals surface area contributed by atoms with Gasteiger partial charge in [0.2, 0.25) is 0 Å². The topological polar surface area (TPSA) is 134 Å². The smallest absolute Gasteiger partial charge is 0.423 e. The van der Waals surface area contributed by atoms with Crippen LogP contribution in [0.1, 0.15) is 59.8 Å². The van der Waals surface area contributed by atoms with Gasteiger partial charge in [-0.1, -0.05) is 17.7 Å². The first-order valence-corrected chi connectivity index (χ1v) is 15.0. The lowest BCUT2D eigenvalue weighted by Gasteiger charge is -2.33. The number of carbonyl (C=O) groups excluding carboxylic acids is 2. The van der Waals surface area contributed by atoms with Gasteiger partial charge in [-0.05, 0) is 68.0 Å². The molecule has 0 saturated heterocycles. The van der Waals surface area contributed by atoms with Crippen LogP contribution in [-0.2, 0) is 17.8 Å². The summed E-state index contributed by atoms with van der Waals surface area (Å²) >= 11 is 5.91. The van der Waals surface area contributed by atoms with E-state index < -0.39 is 30.5 Å². The van der Waals surface area contributed by atoms with Gasteiger partial charge in [0.05, 0.1) is 52.1 Å². The van der Waals surface area contributed by atoms with Crippen LogP contribution >= 0.6 is 11.6 Å². The molecule has 7 rings (SSSR count). The number of pyridine rings is 2. The minimum atomic E-state index is -4.20. The molecule has 2 amide bonds. The van der Waals surface area contributed by atoms with Crippen LogP contribution < -0.4 is 15.4 Å². The van der Waals surface area contributed by atoms with Gasteiger partial charge in [-0.3, -0.25) is 19.5 Å². The Balaban J connectivity index is 1.38. The highest BCUT2D eigenvalue weighted by Crippen LogP contribution is 2.45. The van der Waals surface area contributed by atoms with Crippen LogP contribution in [0, 0.1) is 5.92 Å². The predicted octanol–water partition coefficient (Wildman–Crippen LogP) is 5.92. The van der Waals surface area contributed by atoms with Gasteiger partial charge in [0, 0.05) is 23.3 Å². The monoisotopic (exact) mass is 668 g/mol. The molecule has 2 aliphatic rings. The molecule has 4 aromatic heterocycles. The van der Waals surface area contributed by atoms with Crippen LogP contribution in [-0.4, -0.2) is 47.5 Å². The Morgan fingerprint density at radius 1 is 1.17 bits per heavy atom. The number of aromatic nitrogens is 6. The molecule has 16 heteroatoms. The van der Waals surface area contributed by atoms with E-state index >= 15 is 8.78 Å². The lowest BCUT2D eigenvalue weighted by molar-refractivity contribution is -0.193. The number of nitrogens with zero attached hydrogens (tertiary/aromatic N) is 7. The van der Waals surface area contributed by atoms with Gasteiger partial charge in [-0.2, -0.15) is 27.8 Å². The fourth-order valence-corrected chi connectivity index (χ4v) is 5.86. The zero-order valence-corrected chi connectivity index (χ0v) is 25.3. The largest absolute Gasteiger partial charge is 0.482 e. The molecule has 0 bridgehead atoms. The molecule has 0 spiro atoms. The van der Waals surface area contributed by atoms with Crippen molar-refractivity contribution in [1.29, 1.82) is 0 Å². The Bertz CT molecular complexity index is 2040. The number of halogens is 5. The lowest BCUT2D eigenvalue weighted by Crippen LogP contribution is -2.50. The minimum absolute atomic E-state index is 0.0597. The van der Waals surface area contributed by atoms with Crippen molar-refractivity contribution >= 4 is 40.1 Å². The summed E-state index contributed by atoms with van der Waals surface area (Å²) in [6, 6.07) is 8.16. The van der Waals surface area contributed by atoms with Crippen molar-refractivity contribution in [2.24, 2.45) is 11.7 Å². The van der Waals surface area contributed by atoms with Crippen LogP contribution in [0.25, 0.3) is 22.2 Å². The number of fused-ring (bicyclic) bond motifs is 2. The van der Waals surface area contributed by atoms with Gasteiger partial charge in [0.1, 0.15) is 0 Å². The first-order chi connectivity index (χ1) is 22.4. The van der Waals surface area contributed by atoms with E-state index in [4.69, 9.17) is 27.1 Å². The molecule has 5 heterocycles. The third-order valence-corrected chi connectivity index (χ3v) is 8.47. The summed E-state index contributed by atoms with van der Waals surface area (Å²) in [4.78, 5) is 35.6. The predicted molar refractivity (Wildman–Crippen MR) is 161 cm³/mol. The number of nitrogens with two attached hydrogens (primary N) is 1. The average Bonchev–Trinajstić information content (AvgIpc) is 3.52. The second kappa shape index (κ2) is 11.3. The van der Waals surface area contributed by atoms with Gasteiger partial charge in [-0.15, -0.1) is 0 Å². The molecule has 0 unspecified atom stereocenters. The molecule has 1 atom stereocenters. The maximum Gasteiger partial charge on any atom is 0.482 e. The maximum atomic E-state index is 15.0. The number of hydrogen-bond acceptors (Lipinski definition) is 7. The Morgan fingerprint density at radius 2 is 1.96 bits per heavy atom. The minimum Gasteiger partial charge on any atom is -0.423 e. The molecular weight excluding hydrogens is 644 g/mol. The Hall–Kier alpha value is -5.05. The van der Waals surface area contributed by atoms with Crippen molar-refractivity contribution < 1.29 is 31.9 Å². The van der Waals surface area contributed by atoms with E-state index in [2.05, 4.69) is 15.2 Å². The molecule has 2 N–H and O–H groups in total. The summed E-state index contributed by atoms with van der Waals surface area (Å²) in [5.41, 5.74) is 7.98. The summed E-state index contributed by atoms with van der Waals surface area (Å²) in [6.45, 7) is -1.40. The highest BCUT2D eigenvalue weighted by atomic mass is 35.5. The third kappa shape index (κ3) is 5.53. The molecule has 1 fully saturated rings. The van der Waals surface area contributed by atoms with Crippen LogP contribution in [0.5, 0.6) is 5.75 Å². The molecule has 5 aromatic rings. The first kappa shape index (κ1) is 30.6. The summed E-state index contributed by atoms with van der Waals surface area (Å²) in [5.74, 6) is -2.40. The van der Waals surface area contributed by atoms with Gasteiger partial charge in [0.25, 0.3) is 5.91 Å². The number of hydrogen-bond donors (Lipinski definition) is 1. The Kier molecular flexibility index (Phi) is 7.38. The van der Waals surface area contributed by atoms with Crippen LogP contribution in [0.4, 0.5) is 23.2 Å². The first-order valence-electron chi connectivity index (χ1n) is 14.6. The number of carbonyl (C=O) groups is 2. The van der Waals surface area contributed by atoms with Crippen LogP contribution in [0.3, 0.4) is 0 Å². The molecule has 1 saturated carbocycles. The van der Waals surface area contributed by atoms with E-state index in [1.165, 1.54) is 47.4 Å². The van der Waals surface area contributed by atoms with E-state index in [0.29, 0.717) is 44.2 Å². The molecule has 1 aliphatic heterocycles. The van der Waals surface area contributed by atoms with Crippen molar-refractivity contribution in [3.63, 3.8) is 0 Å². The summed E-state index contributed by atoms with van der Waals surface area (Å²) in [7, 11) is 0. The van der Waals surface area contributed by atoms with E-state index in [9.17, 15) is 18.4 Å². The molecule has 47 heavy (non-hydrogen) atoms. The number of rotatable bonds is 9. The Labute approximate surface area is 268 Å². The number of anilines is 1. The number of amides is 2. The molecule has 1 aliphatic carbocycles. The normalized spacial score (nSPS) is 16.4. The fraction of sp³-hybridized carbons (Fsp3) is 0.290. The summed E-state index contributed by atoms with van der Waals surface area (Å²) in [5, 5.41) is 9.14. The maximum absolute atomic E-state index is 15.0. The van der Waals surface area contributed by atoms with Gasteiger partial charge in [0.15, 0.2) is 11.4 Å². The summed E-state index contributed by atoms with van der Waals surface area (Å²) < 4.78 is 63.5. The van der Waals surface area contributed by atoms with Crippen LogP contribution in [0.15, 0.2) is 55.0 Å². The second-order valence-corrected chi connectivity index (χ2v) is 11.9. The highest BCUT2D eigenvalue weighted by molar-refractivity contribution is 6.30. The van der Waals surface area contributed by atoms with Crippen molar-refractivity contribution in [3.05, 3.63) is 82.7 Å². The quantitative estimate of drug-likeness (QED) is 0.193. The third-order valence-electron chi connectivity index (χ3n) is 8.25. The van der Waals surface area contributed by atoms with E-state index in [-0.39, 0.29) is 40.6 Å². The number of ether oxygens (including phenoxy) is 1.